The van der Waals surface area contributed by atoms with E-state index in [0.717, 1.165) is 9.30 Å². The molecule has 0 aromatic carbocycles. The first-order valence-electron chi connectivity index (χ1n) is 4.63. The predicted molar refractivity (Wildman–Crippen MR) is 66.5 cm³/mol. The molecule has 8 heteroatoms. The molecule has 17 heavy (non-hydrogen) atoms. The van der Waals surface area contributed by atoms with E-state index in [4.69, 9.17) is 10.7 Å². The monoisotopic (exact) mass is 262 g/mol. The molecule has 0 spiro atoms. The van der Waals surface area contributed by atoms with Crippen LogP contribution in [0.25, 0.3) is 0 Å². The molecule has 0 fully saturated rings. The maximum absolute atomic E-state index is 11.7. The van der Waals surface area contributed by atoms with Crippen molar-refractivity contribution in [2.45, 2.75) is 20.8 Å². The molecule has 2 N–H and O–H groups in total. The number of amidine groups is 1. The fourth-order valence-corrected chi connectivity index (χ4v) is 1.13. The van der Waals surface area contributed by atoms with E-state index in [-0.39, 0.29) is 23.8 Å². The highest BCUT2D eigenvalue weighted by atomic mass is 35.5. The number of hydrogen-bond acceptors (Lipinski definition) is 4. The van der Waals surface area contributed by atoms with Gasteiger partial charge in [-0.25, -0.2) is 4.79 Å². The van der Waals surface area contributed by atoms with Crippen LogP contribution in [0.3, 0.4) is 0 Å². The second kappa shape index (κ2) is 5.53. The number of nitrogens with zero attached hydrogens (tertiary/aromatic N) is 3. The Morgan fingerprint density at radius 2 is 1.88 bits per heavy atom. The van der Waals surface area contributed by atoms with Gasteiger partial charge in [0.25, 0.3) is 5.56 Å². The Morgan fingerprint density at radius 3 is 2.35 bits per heavy atom. The highest BCUT2D eigenvalue weighted by Gasteiger charge is 2.11. The van der Waals surface area contributed by atoms with Crippen molar-refractivity contribution in [1.82, 2.24) is 9.30 Å². The summed E-state index contributed by atoms with van der Waals surface area (Å²) >= 11 is 0. The molecule has 0 unspecified atom stereocenters. The number of nitrogens with two attached hydrogens (primary N) is 1. The van der Waals surface area contributed by atoms with Crippen LogP contribution in [0.4, 0.5) is 0 Å². The van der Waals surface area contributed by atoms with Crippen molar-refractivity contribution in [1.29, 1.82) is 0 Å². The molecule has 0 amide bonds. The third-order valence-electron chi connectivity index (χ3n) is 2.20. The van der Waals surface area contributed by atoms with E-state index in [9.17, 15) is 9.59 Å². The summed E-state index contributed by atoms with van der Waals surface area (Å²) in [6, 6.07) is 0. The first-order chi connectivity index (χ1) is 7.36. The number of rotatable bonds is 2. The molecule has 1 rings (SSSR count). The summed E-state index contributed by atoms with van der Waals surface area (Å²) < 4.78 is 1.87. The van der Waals surface area contributed by atoms with Crippen LogP contribution in [0.1, 0.15) is 18.2 Å². The van der Waals surface area contributed by atoms with E-state index in [1.165, 1.54) is 14.0 Å². The van der Waals surface area contributed by atoms with Gasteiger partial charge in [-0.15, -0.1) is 17.1 Å². The van der Waals surface area contributed by atoms with Crippen LogP contribution in [-0.2, 0) is 7.05 Å². The van der Waals surface area contributed by atoms with E-state index in [1.807, 2.05) is 0 Å². The van der Waals surface area contributed by atoms with Gasteiger partial charge in [0.1, 0.15) is 5.84 Å². The van der Waals surface area contributed by atoms with Crippen LogP contribution in [0.2, 0.25) is 0 Å². The summed E-state index contributed by atoms with van der Waals surface area (Å²) in [5, 5.41) is 3.47. The van der Waals surface area contributed by atoms with Gasteiger partial charge in [-0.2, -0.15) is 0 Å². The van der Waals surface area contributed by atoms with E-state index >= 15 is 0 Å². The van der Waals surface area contributed by atoms with Gasteiger partial charge in [0.2, 0.25) is 0 Å². The zero-order chi connectivity index (χ0) is 12.5. The van der Waals surface area contributed by atoms with Gasteiger partial charge in [-0.05, 0) is 25.9 Å². The van der Waals surface area contributed by atoms with Gasteiger partial charge in [0.05, 0.1) is 5.69 Å². The van der Waals surface area contributed by atoms with Crippen LogP contribution in [0.15, 0.2) is 14.7 Å². The highest BCUT2D eigenvalue weighted by Crippen LogP contribution is 1.95. The lowest BCUT2D eigenvalue weighted by Crippen LogP contribution is -2.42. The van der Waals surface area contributed by atoms with Crippen molar-refractivity contribution >= 4 is 18.2 Å². The number of oxime groups is 1. The van der Waals surface area contributed by atoms with Crippen molar-refractivity contribution in [3.05, 3.63) is 32.1 Å². The van der Waals surface area contributed by atoms with E-state index in [1.54, 1.807) is 13.8 Å². The Bertz CT molecular complexity index is 555. The van der Waals surface area contributed by atoms with E-state index in [2.05, 4.69) is 5.16 Å². The van der Waals surface area contributed by atoms with Gasteiger partial charge in [-0.3, -0.25) is 14.3 Å². The van der Waals surface area contributed by atoms with Crippen LogP contribution in [0.5, 0.6) is 0 Å². The van der Waals surface area contributed by atoms with Crippen molar-refractivity contribution in [3.8, 4) is 0 Å². The summed E-state index contributed by atoms with van der Waals surface area (Å²) in [7, 11) is 1.37. The molecular weight excluding hydrogens is 248 g/mol. The molecule has 1 heterocycles. The Kier molecular flexibility index (Phi) is 4.96. The first-order valence-corrected chi connectivity index (χ1v) is 4.63. The predicted octanol–water partition coefficient (Wildman–Crippen LogP) is -0.694. The molecule has 0 atom stereocenters. The second-order valence-corrected chi connectivity index (χ2v) is 3.47. The van der Waals surface area contributed by atoms with Gasteiger partial charge in [0.15, 0.2) is 0 Å². The maximum Gasteiger partial charge on any atom is 0.366 e. The first kappa shape index (κ1) is 15.2. The van der Waals surface area contributed by atoms with Gasteiger partial charge >= 0.3 is 5.69 Å². The van der Waals surface area contributed by atoms with Crippen molar-refractivity contribution in [2.75, 3.05) is 0 Å². The maximum atomic E-state index is 11.7. The van der Waals surface area contributed by atoms with Crippen molar-refractivity contribution < 1.29 is 4.94 Å². The lowest BCUT2D eigenvalue weighted by molar-refractivity contribution is 0.0964. The van der Waals surface area contributed by atoms with E-state index in [0.29, 0.717) is 11.3 Å². The largest absolute Gasteiger partial charge is 0.385 e. The fourth-order valence-electron chi connectivity index (χ4n) is 1.13. The molecule has 0 aliphatic carbocycles. The second-order valence-electron chi connectivity index (χ2n) is 3.47. The van der Waals surface area contributed by atoms with Crippen molar-refractivity contribution in [2.24, 2.45) is 17.9 Å². The quantitative estimate of drug-likeness (QED) is 0.434. The van der Waals surface area contributed by atoms with Gasteiger partial charge < -0.3 is 5.73 Å². The van der Waals surface area contributed by atoms with E-state index < -0.39 is 5.69 Å². The Morgan fingerprint density at radius 1 is 1.35 bits per heavy atom. The lowest BCUT2D eigenvalue weighted by atomic mass is 10.3. The Balaban J connectivity index is 0.00000256. The third kappa shape index (κ3) is 2.88. The minimum absolute atomic E-state index is 0. The standard InChI is InChI=1S/C9H14N4O3.ClH/c1-5-6(2)13(16-11-7(3)10)9(15)12(4)8(5)14;/h1-4H3,(H2,10,11);1H. The molecule has 0 bridgehead atoms. The van der Waals surface area contributed by atoms with Crippen LogP contribution in [0, 0.1) is 13.8 Å². The van der Waals surface area contributed by atoms with Crippen LogP contribution in [-0.4, -0.2) is 15.1 Å². The molecule has 1 aromatic rings. The lowest BCUT2D eigenvalue weighted by Gasteiger charge is -2.09. The summed E-state index contributed by atoms with van der Waals surface area (Å²) in [5.41, 5.74) is 5.16. The molecule has 0 aliphatic heterocycles. The zero-order valence-electron chi connectivity index (χ0n) is 10.1. The zero-order valence-corrected chi connectivity index (χ0v) is 10.9. The molecule has 7 nitrogen and oxygen atoms in total. The average Bonchev–Trinajstić information content (AvgIpc) is 2.23. The molecule has 0 saturated carbocycles. The third-order valence-corrected chi connectivity index (χ3v) is 2.20. The minimum Gasteiger partial charge on any atom is -0.385 e. The molecule has 0 aliphatic rings. The van der Waals surface area contributed by atoms with Crippen LogP contribution < -0.4 is 21.9 Å². The topological polar surface area (TPSA) is 91.6 Å². The summed E-state index contributed by atoms with van der Waals surface area (Å²) in [5.74, 6) is 0.179. The normalized spacial score (nSPS) is 10.9. The SMILES string of the molecule is C/C(N)=N/On1c(C)c(C)c(=O)n(C)c1=O.Cl. The summed E-state index contributed by atoms with van der Waals surface area (Å²) in [6.45, 7) is 4.73. The number of halogens is 1. The minimum atomic E-state index is -0.599. The highest BCUT2D eigenvalue weighted by molar-refractivity contribution is 5.85. The molecule has 0 saturated heterocycles. The Labute approximate surface area is 104 Å². The van der Waals surface area contributed by atoms with Gasteiger partial charge in [-0.1, -0.05) is 0 Å². The van der Waals surface area contributed by atoms with Gasteiger partial charge in [0, 0.05) is 12.6 Å². The molecule has 96 valence electrons. The number of hydrogen-bond donors (Lipinski definition) is 1. The fraction of sp³-hybridized carbons (Fsp3) is 0.444. The molecule has 0 radical (unpaired) electrons. The number of aromatic nitrogens is 2. The average molecular weight is 263 g/mol. The Hall–Kier alpha value is -1.76. The smallest absolute Gasteiger partial charge is 0.366 e. The van der Waals surface area contributed by atoms with Crippen LogP contribution >= 0.6 is 12.4 Å². The summed E-state index contributed by atoms with van der Waals surface area (Å²) in [4.78, 5) is 28.1. The molecular formula is C9H15ClN4O3. The summed E-state index contributed by atoms with van der Waals surface area (Å²) in [6.07, 6.45) is 0. The molecule has 1 aromatic heterocycles. The van der Waals surface area contributed by atoms with Crippen molar-refractivity contribution in [3.63, 3.8) is 0 Å².